The van der Waals surface area contributed by atoms with Crippen LogP contribution in [-0.4, -0.2) is 25.1 Å². The van der Waals surface area contributed by atoms with Crippen LogP contribution in [0.3, 0.4) is 0 Å². The Balaban J connectivity index is 0.00000116. The lowest BCUT2D eigenvalue weighted by Crippen LogP contribution is -2.26. The lowest BCUT2D eigenvalue weighted by atomic mass is 10.2. The number of nitrogens with zero attached hydrogens (tertiary/aromatic N) is 1. The maximum Gasteiger partial charge on any atom is 0.412 e. The van der Waals surface area contributed by atoms with Crippen molar-refractivity contribution in [2.45, 2.75) is 6.54 Å². The number of hydrogen-bond acceptors (Lipinski definition) is 3. The maximum atomic E-state index is 11.7. The van der Waals surface area contributed by atoms with Crippen molar-refractivity contribution in [3.8, 4) is 5.75 Å². The number of benzene rings is 2. The topological polar surface area (TPSA) is 41.6 Å². The van der Waals surface area contributed by atoms with Gasteiger partial charge in [-0.05, 0) is 22.6 Å². The largest absolute Gasteiger partial charge is 0.412 e. The molecule has 2 rings (SSSR count). The van der Waals surface area contributed by atoms with Crippen LogP contribution in [0.1, 0.15) is 5.56 Å². The quantitative estimate of drug-likeness (QED) is 0.608. The molecule has 2 aromatic rings. The van der Waals surface area contributed by atoms with E-state index in [2.05, 4.69) is 27.9 Å². The Morgan fingerprint density at radius 3 is 2.41 bits per heavy atom. The highest BCUT2D eigenvalue weighted by atomic mass is 127. The smallest absolute Gasteiger partial charge is 0.410 e. The fraction of sp³-hybridized carbons (Fsp3) is 0.235. The van der Waals surface area contributed by atoms with Gasteiger partial charge in [0.1, 0.15) is 5.75 Å². The minimum absolute atomic E-state index is 0.451. The molecule has 22 heavy (non-hydrogen) atoms. The zero-order valence-corrected chi connectivity index (χ0v) is 15.2. The molecule has 0 saturated carbocycles. The number of hydrogen-bond donors (Lipinski definition) is 1. The molecule has 0 aliphatic carbocycles. The summed E-state index contributed by atoms with van der Waals surface area (Å²) in [6.45, 7) is 0.451. The Labute approximate surface area is 145 Å². The number of rotatable bonds is 4. The highest BCUT2D eigenvalue weighted by molar-refractivity contribution is 14.1. The van der Waals surface area contributed by atoms with Gasteiger partial charge in [0.25, 0.3) is 0 Å². The van der Waals surface area contributed by atoms with E-state index in [0.29, 0.717) is 12.3 Å². The molecule has 0 heterocycles. The lowest BCUT2D eigenvalue weighted by molar-refractivity contribution is 0.200. The first kappa shape index (κ1) is 18.3. The Bertz CT molecular complexity index is 574. The van der Waals surface area contributed by atoms with Crippen LogP contribution in [0.2, 0.25) is 0 Å². The third-order valence-electron chi connectivity index (χ3n) is 2.82. The van der Waals surface area contributed by atoms with E-state index in [9.17, 15) is 4.79 Å². The van der Waals surface area contributed by atoms with E-state index in [0.717, 1.165) is 11.3 Å². The average Bonchev–Trinajstić information content (AvgIpc) is 2.56. The monoisotopic (exact) mass is 412 g/mol. The number of carbonyl (C=O) groups is 1. The zero-order chi connectivity index (χ0) is 16.4. The van der Waals surface area contributed by atoms with E-state index in [1.165, 1.54) is 0 Å². The van der Waals surface area contributed by atoms with E-state index >= 15 is 0 Å². The summed E-state index contributed by atoms with van der Waals surface area (Å²) in [5, 5.41) is 2.72. The van der Waals surface area contributed by atoms with Crippen molar-refractivity contribution in [3.63, 3.8) is 0 Å². The summed E-state index contributed by atoms with van der Waals surface area (Å²) in [5.41, 5.74) is 2.02. The molecule has 0 radical (unpaired) electrons. The van der Waals surface area contributed by atoms with Gasteiger partial charge >= 0.3 is 6.09 Å². The molecule has 0 spiro atoms. The zero-order valence-electron chi connectivity index (χ0n) is 13.0. The molecular formula is C17H21IN2O2. The highest BCUT2D eigenvalue weighted by Crippen LogP contribution is 2.19. The third kappa shape index (κ3) is 6.34. The second-order valence-corrected chi connectivity index (χ2v) is 4.62. The number of alkyl halides is 1. The normalized spacial score (nSPS) is 9.27. The molecule has 118 valence electrons. The van der Waals surface area contributed by atoms with Gasteiger partial charge in [-0.15, -0.1) is 0 Å². The van der Waals surface area contributed by atoms with Crippen molar-refractivity contribution >= 4 is 34.4 Å². The molecule has 0 aliphatic rings. The number of halogens is 1. The van der Waals surface area contributed by atoms with Crippen LogP contribution in [0.4, 0.5) is 10.5 Å². The molecule has 1 N–H and O–H groups in total. The summed E-state index contributed by atoms with van der Waals surface area (Å²) in [6.07, 6.45) is -0.454. The second-order valence-electron chi connectivity index (χ2n) is 4.62. The summed E-state index contributed by atoms with van der Waals surface area (Å²) in [5.74, 6) is 0.529. The number of amides is 1. The summed E-state index contributed by atoms with van der Waals surface area (Å²) in [6, 6.07) is 17.1. The van der Waals surface area contributed by atoms with Gasteiger partial charge in [-0.25, -0.2) is 4.79 Å². The molecule has 0 atom stereocenters. The summed E-state index contributed by atoms with van der Waals surface area (Å²) in [4.78, 5) is 15.6. The van der Waals surface area contributed by atoms with Crippen LogP contribution in [0.5, 0.6) is 5.75 Å². The molecule has 0 unspecified atom stereocenters. The Kier molecular flexibility index (Phi) is 8.35. The standard InChI is InChI=1S/C16H18N2O2.CH3I/c1-18(2)14-9-6-10-15(11-14)20-16(19)17-12-13-7-4-3-5-8-13;1-2/h3-11H,12H2,1-2H3,(H,17,19);1H3. The van der Waals surface area contributed by atoms with Gasteiger partial charge in [0.05, 0.1) is 0 Å². The minimum Gasteiger partial charge on any atom is -0.410 e. The van der Waals surface area contributed by atoms with Crippen LogP contribution >= 0.6 is 22.6 Å². The summed E-state index contributed by atoms with van der Waals surface area (Å²) in [7, 11) is 3.88. The fourth-order valence-corrected chi connectivity index (χ4v) is 1.74. The van der Waals surface area contributed by atoms with E-state index in [-0.39, 0.29) is 0 Å². The Morgan fingerprint density at radius 1 is 1.09 bits per heavy atom. The van der Waals surface area contributed by atoms with Gasteiger partial charge in [-0.1, -0.05) is 59.0 Å². The molecule has 0 fully saturated rings. The van der Waals surface area contributed by atoms with E-state index in [4.69, 9.17) is 4.74 Å². The Morgan fingerprint density at radius 2 is 1.77 bits per heavy atom. The van der Waals surface area contributed by atoms with Gasteiger partial charge in [0.2, 0.25) is 0 Å². The van der Waals surface area contributed by atoms with Gasteiger partial charge < -0.3 is 15.0 Å². The number of anilines is 1. The SMILES string of the molecule is CI.CN(C)c1cccc(OC(=O)NCc2ccccc2)c1. The lowest BCUT2D eigenvalue weighted by Gasteiger charge is -2.13. The van der Waals surface area contributed by atoms with Crippen LogP contribution < -0.4 is 15.0 Å². The third-order valence-corrected chi connectivity index (χ3v) is 2.82. The average molecular weight is 412 g/mol. The van der Waals surface area contributed by atoms with Crippen LogP contribution in [0.15, 0.2) is 54.6 Å². The minimum atomic E-state index is -0.454. The van der Waals surface area contributed by atoms with Crippen molar-refractivity contribution in [2.75, 3.05) is 23.9 Å². The van der Waals surface area contributed by atoms with Crippen LogP contribution in [0.25, 0.3) is 0 Å². The van der Waals surface area contributed by atoms with Gasteiger partial charge in [-0.3, -0.25) is 0 Å². The van der Waals surface area contributed by atoms with Crippen LogP contribution in [-0.2, 0) is 6.54 Å². The van der Waals surface area contributed by atoms with Crippen molar-refractivity contribution in [1.82, 2.24) is 5.32 Å². The molecule has 0 saturated heterocycles. The first-order valence-electron chi connectivity index (χ1n) is 6.80. The molecular weight excluding hydrogens is 391 g/mol. The van der Waals surface area contributed by atoms with Gasteiger partial charge in [0.15, 0.2) is 0 Å². The van der Waals surface area contributed by atoms with Crippen molar-refractivity contribution in [3.05, 3.63) is 60.2 Å². The summed E-state index contributed by atoms with van der Waals surface area (Å²) >= 11 is 2.15. The van der Waals surface area contributed by atoms with Crippen molar-refractivity contribution in [2.24, 2.45) is 0 Å². The number of ether oxygens (including phenoxy) is 1. The Hall–Kier alpha value is -1.76. The second kappa shape index (κ2) is 10.0. The fourth-order valence-electron chi connectivity index (χ4n) is 1.74. The molecule has 0 bridgehead atoms. The van der Waals surface area contributed by atoms with Gasteiger partial charge in [0, 0.05) is 32.4 Å². The molecule has 1 amide bonds. The molecule has 0 aromatic heterocycles. The summed E-state index contributed by atoms with van der Waals surface area (Å²) < 4.78 is 5.25. The van der Waals surface area contributed by atoms with E-state index in [1.54, 1.807) is 6.07 Å². The van der Waals surface area contributed by atoms with E-state index < -0.39 is 6.09 Å². The maximum absolute atomic E-state index is 11.7. The first-order chi connectivity index (χ1) is 10.6. The van der Waals surface area contributed by atoms with Crippen molar-refractivity contribution in [1.29, 1.82) is 0 Å². The van der Waals surface area contributed by atoms with Crippen LogP contribution in [0, 0.1) is 0 Å². The number of nitrogens with one attached hydrogen (secondary N) is 1. The molecule has 4 nitrogen and oxygen atoms in total. The predicted octanol–water partition coefficient (Wildman–Crippen LogP) is 4.09. The van der Waals surface area contributed by atoms with E-state index in [1.807, 2.05) is 72.5 Å². The molecule has 2 aromatic carbocycles. The first-order valence-corrected chi connectivity index (χ1v) is 8.96. The number of carbonyl (C=O) groups excluding carboxylic acids is 1. The predicted molar refractivity (Wildman–Crippen MR) is 100 cm³/mol. The van der Waals surface area contributed by atoms with Crippen molar-refractivity contribution < 1.29 is 9.53 Å². The highest BCUT2D eigenvalue weighted by Gasteiger charge is 2.05. The molecule has 5 heteroatoms. The van der Waals surface area contributed by atoms with Gasteiger partial charge in [-0.2, -0.15) is 0 Å². The molecule has 0 aliphatic heterocycles.